The molecule has 2 aromatic heterocycles. The summed E-state index contributed by atoms with van der Waals surface area (Å²) in [4.78, 5) is 27.4. The van der Waals surface area contributed by atoms with Crippen LogP contribution in [0.1, 0.15) is 11.5 Å². The zero-order valence-corrected chi connectivity index (χ0v) is 17.3. The highest BCUT2D eigenvalue weighted by molar-refractivity contribution is 6.12. The molecule has 33 heavy (non-hydrogen) atoms. The van der Waals surface area contributed by atoms with Crippen LogP contribution in [-0.2, 0) is 17.9 Å². The number of H-pyrrole nitrogens is 1. The number of carbonyl (C=O) groups excluding carboxylic acids is 1. The molecule has 0 aliphatic rings. The summed E-state index contributed by atoms with van der Waals surface area (Å²) in [6.45, 7) is 0.380. The molecular weight excluding hydrogens is 442 g/mol. The predicted octanol–water partition coefficient (Wildman–Crippen LogP) is 2.35. The minimum absolute atomic E-state index is 0.0804. The van der Waals surface area contributed by atoms with Crippen molar-refractivity contribution in [2.24, 2.45) is 10.7 Å². The Labute approximate surface area is 186 Å². The second-order valence-corrected chi connectivity index (χ2v) is 6.85. The number of fused-ring (bicyclic) bond motifs is 1. The fourth-order valence-corrected chi connectivity index (χ4v) is 2.81. The number of nitrogens with one attached hydrogen (secondary N) is 3. The maximum atomic E-state index is 13.6. The molecular formula is C21H21F4N7O. The average molecular weight is 463 g/mol. The number of aromatic nitrogens is 3. The van der Waals surface area contributed by atoms with Crippen LogP contribution < -0.4 is 16.4 Å². The smallest absolute Gasteiger partial charge is 0.394 e. The number of nitrogens with zero attached hydrogens (tertiary/aromatic N) is 3. The summed E-state index contributed by atoms with van der Waals surface area (Å²) in [6.07, 6.45) is -2.88. The van der Waals surface area contributed by atoms with Crippen LogP contribution in [0.15, 0.2) is 58.9 Å². The number of pyridine rings is 1. The van der Waals surface area contributed by atoms with Crippen molar-refractivity contribution in [1.29, 1.82) is 0 Å². The molecule has 3 rings (SSSR count). The Morgan fingerprint density at radius 3 is 2.70 bits per heavy atom. The molecule has 1 aromatic carbocycles. The van der Waals surface area contributed by atoms with Crippen LogP contribution in [-0.4, -0.2) is 46.3 Å². The first-order valence-corrected chi connectivity index (χ1v) is 9.84. The van der Waals surface area contributed by atoms with Gasteiger partial charge in [-0.3, -0.25) is 14.8 Å². The lowest BCUT2D eigenvalue weighted by Gasteiger charge is -2.12. The first-order valence-electron chi connectivity index (χ1n) is 9.84. The molecule has 0 bridgehead atoms. The highest BCUT2D eigenvalue weighted by Crippen LogP contribution is 2.23. The summed E-state index contributed by atoms with van der Waals surface area (Å²) in [5.41, 5.74) is 4.26. The van der Waals surface area contributed by atoms with Gasteiger partial charge in [-0.05, 0) is 24.3 Å². The second kappa shape index (κ2) is 10.7. The molecule has 0 unspecified atom stereocenters. The van der Waals surface area contributed by atoms with Gasteiger partial charge in [0, 0.05) is 19.0 Å². The number of hydrogen-bond donors (Lipinski definition) is 4. The van der Waals surface area contributed by atoms with Crippen molar-refractivity contribution < 1.29 is 22.4 Å². The van der Waals surface area contributed by atoms with E-state index in [0.29, 0.717) is 18.9 Å². The monoisotopic (exact) mass is 463 g/mol. The fraction of sp³-hybridized carbons (Fsp3) is 0.238. The third-order valence-electron chi connectivity index (χ3n) is 4.46. The summed E-state index contributed by atoms with van der Waals surface area (Å²) in [6, 6.07) is 9.98. The first kappa shape index (κ1) is 23.9. The molecule has 0 aliphatic carbocycles. The molecule has 0 saturated heterocycles. The molecule has 5 N–H and O–H groups in total. The lowest BCUT2D eigenvalue weighted by Crippen LogP contribution is -2.32. The number of amides is 1. The van der Waals surface area contributed by atoms with Gasteiger partial charge in [0.15, 0.2) is 0 Å². The van der Waals surface area contributed by atoms with Gasteiger partial charge in [-0.15, -0.1) is 0 Å². The Hall–Kier alpha value is -3.80. The Kier molecular flexibility index (Phi) is 7.72. The number of aliphatic imine (C=N–C) groups is 1. The number of rotatable bonds is 9. The lowest BCUT2D eigenvalue weighted by atomic mass is 10.2. The normalized spacial score (nSPS) is 12.8. The van der Waals surface area contributed by atoms with E-state index in [1.165, 1.54) is 12.3 Å². The van der Waals surface area contributed by atoms with Crippen molar-refractivity contribution in [1.82, 2.24) is 25.6 Å². The van der Waals surface area contributed by atoms with Crippen molar-refractivity contribution in [2.75, 3.05) is 13.1 Å². The van der Waals surface area contributed by atoms with Gasteiger partial charge in [-0.25, -0.2) is 9.37 Å². The number of alkyl halides is 3. The average Bonchev–Trinajstić information content (AvgIpc) is 3.19. The zero-order valence-electron chi connectivity index (χ0n) is 17.3. The lowest BCUT2D eigenvalue weighted by molar-refractivity contribution is -0.119. The van der Waals surface area contributed by atoms with E-state index < -0.39 is 35.7 Å². The molecule has 0 aliphatic heterocycles. The summed E-state index contributed by atoms with van der Waals surface area (Å²) < 4.78 is 52.8. The Balaban J connectivity index is 1.56. The molecule has 8 nitrogen and oxygen atoms in total. The van der Waals surface area contributed by atoms with E-state index >= 15 is 0 Å². The maximum Gasteiger partial charge on any atom is 0.431 e. The van der Waals surface area contributed by atoms with Gasteiger partial charge in [-0.2, -0.15) is 13.2 Å². The third-order valence-corrected chi connectivity index (χ3v) is 4.46. The second-order valence-electron chi connectivity index (χ2n) is 6.85. The Morgan fingerprint density at radius 1 is 1.18 bits per heavy atom. The van der Waals surface area contributed by atoms with E-state index in [1.807, 2.05) is 24.3 Å². The number of imidazole rings is 1. The molecule has 2 heterocycles. The van der Waals surface area contributed by atoms with Crippen LogP contribution in [0.4, 0.5) is 17.6 Å². The van der Waals surface area contributed by atoms with Crippen LogP contribution in [0.2, 0.25) is 0 Å². The molecule has 0 spiro atoms. The number of allylic oxidation sites excluding steroid dienone is 1. The van der Waals surface area contributed by atoms with Gasteiger partial charge in [-0.1, -0.05) is 12.1 Å². The van der Waals surface area contributed by atoms with Crippen LogP contribution in [0.25, 0.3) is 11.0 Å². The topological polar surface area (TPSA) is 121 Å². The highest BCUT2D eigenvalue weighted by Gasteiger charge is 2.35. The maximum absolute atomic E-state index is 13.6. The summed E-state index contributed by atoms with van der Waals surface area (Å²) in [5.74, 6) is -1.15. The molecule has 1 amide bonds. The van der Waals surface area contributed by atoms with E-state index in [4.69, 9.17) is 5.73 Å². The van der Waals surface area contributed by atoms with Gasteiger partial charge in [0.05, 0.1) is 41.9 Å². The zero-order chi connectivity index (χ0) is 23.8. The molecule has 174 valence electrons. The standard InChI is InChI=1S/C21H21F4N7O/c22-14-4-3-7-29-17(14)11-30-20(33)13(19(26)21(23,24)25)10-27-8-9-28-12-18-31-15-5-1-2-6-16(15)32-18/h1-7,10,28H,8-9,11-12,26H2,(H,30,33)(H,31,32). The molecule has 0 fully saturated rings. The summed E-state index contributed by atoms with van der Waals surface area (Å²) >= 11 is 0. The van der Waals surface area contributed by atoms with E-state index in [1.54, 1.807) is 0 Å². The van der Waals surface area contributed by atoms with Crippen molar-refractivity contribution in [2.45, 2.75) is 19.3 Å². The highest BCUT2D eigenvalue weighted by atomic mass is 19.4. The number of hydrogen-bond acceptors (Lipinski definition) is 6. The SMILES string of the molecule is NC(=C(C=NCCNCc1nc2ccccc2[nH]1)C(=O)NCc1ncccc1F)C(F)(F)F. The molecule has 0 atom stereocenters. The number of carbonyl (C=O) groups is 1. The van der Waals surface area contributed by atoms with Gasteiger partial charge < -0.3 is 21.4 Å². The third kappa shape index (κ3) is 6.59. The van der Waals surface area contributed by atoms with Crippen molar-refractivity contribution in [3.8, 4) is 0 Å². The van der Waals surface area contributed by atoms with Crippen molar-refractivity contribution in [3.05, 3.63) is 71.2 Å². The van der Waals surface area contributed by atoms with Crippen molar-refractivity contribution >= 4 is 23.2 Å². The molecule has 12 heteroatoms. The van der Waals surface area contributed by atoms with E-state index in [0.717, 1.165) is 23.3 Å². The van der Waals surface area contributed by atoms with Crippen LogP contribution >= 0.6 is 0 Å². The van der Waals surface area contributed by atoms with Gasteiger partial charge in [0.25, 0.3) is 5.91 Å². The van der Waals surface area contributed by atoms with Crippen LogP contribution in [0.3, 0.4) is 0 Å². The molecule has 3 aromatic rings. The number of nitrogens with two attached hydrogens (primary N) is 1. The minimum Gasteiger partial charge on any atom is -0.394 e. The molecule has 0 saturated carbocycles. The van der Waals surface area contributed by atoms with Gasteiger partial charge in [0.2, 0.25) is 0 Å². The largest absolute Gasteiger partial charge is 0.431 e. The number of para-hydroxylation sites is 2. The number of halogens is 4. The first-order chi connectivity index (χ1) is 15.8. The molecule has 0 radical (unpaired) electrons. The Bertz CT molecular complexity index is 1140. The van der Waals surface area contributed by atoms with Crippen LogP contribution in [0.5, 0.6) is 0 Å². The van der Waals surface area contributed by atoms with E-state index in [2.05, 4.69) is 30.6 Å². The number of aromatic amines is 1. The van der Waals surface area contributed by atoms with E-state index in [-0.39, 0.29) is 12.2 Å². The summed E-state index contributed by atoms with van der Waals surface area (Å²) in [7, 11) is 0. The van der Waals surface area contributed by atoms with Gasteiger partial charge in [0.1, 0.15) is 17.3 Å². The van der Waals surface area contributed by atoms with Crippen molar-refractivity contribution in [3.63, 3.8) is 0 Å². The minimum atomic E-state index is -4.94. The summed E-state index contributed by atoms with van der Waals surface area (Å²) in [5, 5.41) is 5.23. The number of benzene rings is 1. The quantitative estimate of drug-likeness (QED) is 0.168. The van der Waals surface area contributed by atoms with Crippen LogP contribution in [0, 0.1) is 5.82 Å². The van der Waals surface area contributed by atoms with E-state index in [9.17, 15) is 22.4 Å². The fourth-order valence-electron chi connectivity index (χ4n) is 2.81. The Morgan fingerprint density at radius 2 is 1.97 bits per heavy atom. The van der Waals surface area contributed by atoms with Gasteiger partial charge >= 0.3 is 6.18 Å². The predicted molar refractivity (Wildman–Crippen MR) is 114 cm³/mol.